The largest absolute Gasteiger partial charge is 0.465 e. The van der Waals surface area contributed by atoms with Gasteiger partial charge in [-0.2, -0.15) is 0 Å². The molecule has 3 rings (SSSR count). The number of nitrogens with zero attached hydrogens (tertiary/aromatic N) is 1. The van der Waals surface area contributed by atoms with Gasteiger partial charge < -0.3 is 15.3 Å². The van der Waals surface area contributed by atoms with Gasteiger partial charge in [0.05, 0.1) is 17.0 Å². The molecule has 1 aromatic carbocycles. The number of hydrogen-bond acceptors (Lipinski definition) is 5. The molecule has 2 unspecified atom stereocenters. The van der Waals surface area contributed by atoms with Crippen molar-refractivity contribution in [2.24, 2.45) is 5.41 Å². The predicted molar refractivity (Wildman–Crippen MR) is 111 cm³/mol. The maximum Gasteiger partial charge on any atom is 0.404 e. The van der Waals surface area contributed by atoms with Gasteiger partial charge >= 0.3 is 6.09 Å². The fourth-order valence-corrected chi connectivity index (χ4v) is 4.73. The highest BCUT2D eigenvalue weighted by Gasteiger charge is 2.43. The quantitative estimate of drug-likeness (QED) is 0.637. The average molecular weight is 424 g/mol. The first-order valence-corrected chi connectivity index (χ1v) is 10.1. The van der Waals surface area contributed by atoms with Gasteiger partial charge in [-0.05, 0) is 47.4 Å². The van der Waals surface area contributed by atoms with Crippen LogP contribution in [0, 0.1) is 5.41 Å². The number of imide groups is 1. The van der Waals surface area contributed by atoms with Crippen LogP contribution in [-0.2, 0) is 4.79 Å². The molecule has 1 aromatic rings. The molecule has 0 bridgehead atoms. The monoisotopic (exact) mass is 423 g/mol. The van der Waals surface area contributed by atoms with Crippen LogP contribution in [0.5, 0.6) is 0 Å². The summed E-state index contributed by atoms with van der Waals surface area (Å²) in [6.45, 7) is 6.83. The Morgan fingerprint density at radius 3 is 2.68 bits per heavy atom. The fourth-order valence-electron chi connectivity index (χ4n) is 3.89. The van der Waals surface area contributed by atoms with Crippen molar-refractivity contribution >= 4 is 52.4 Å². The molecule has 150 valence electrons. The molecule has 0 aliphatic carbocycles. The molecule has 2 aliphatic rings. The second kappa shape index (κ2) is 7.67. The molecular weight excluding hydrogens is 402 g/mol. The van der Waals surface area contributed by atoms with E-state index in [9.17, 15) is 19.5 Å². The number of benzene rings is 1. The summed E-state index contributed by atoms with van der Waals surface area (Å²) < 4.78 is 0. The first-order valence-electron chi connectivity index (χ1n) is 8.87. The summed E-state index contributed by atoms with van der Waals surface area (Å²) >= 11 is 7.11. The molecule has 2 aliphatic heterocycles. The van der Waals surface area contributed by atoms with Gasteiger partial charge in [0, 0.05) is 17.3 Å². The van der Waals surface area contributed by atoms with Gasteiger partial charge in [0.25, 0.3) is 11.1 Å². The molecular formula is C19H22ClN3O4S. The second-order valence-electron chi connectivity index (χ2n) is 7.90. The molecule has 2 saturated heterocycles. The minimum Gasteiger partial charge on any atom is -0.465 e. The van der Waals surface area contributed by atoms with Crippen LogP contribution in [0.2, 0.25) is 5.02 Å². The van der Waals surface area contributed by atoms with Crippen LogP contribution >= 0.6 is 23.4 Å². The van der Waals surface area contributed by atoms with E-state index in [1.165, 1.54) is 0 Å². The highest BCUT2D eigenvalue weighted by molar-refractivity contribution is 8.18. The molecule has 0 saturated carbocycles. The Hall–Kier alpha value is -2.19. The summed E-state index contributed by atoms with van der Waals surface area (Å²) in [7, 11) is 0. The van der Waals surface area contributed by atoms with Crippen molar-refractivity contribution in [3.63, 3.8) is 0 Å². The SMILES string of the molecule is CC(C)(C)C1C(NC(=O)O)CCN1c1cc(Cl)ccc1C=C1SC(=O)NC1=O. The highest BCUT2D eigenvalue weighted by atomic mass is 35.5. The number of amides is 3. The highest BCUT2D eigenvalue weighted by Crippen LogP contribution is 2.40. The van der Waals surface area contributed by atoms with E-state index in [1.54, 1.807) is 18.2 Å². The van der Waals surface area contributed by atoms with Crippen molar-refractivity contribution in [3.8, 4) is 0 Å². The second-order valence-corrected chi connectivity index (χ2v) is 9.36. The number of halogens is 1. The molecule has 2 atom stereocenters. The number of carbonyl (C=O) groups excluding carboxylic acids is 2. The van der Waals surface area contributed by atoms with Crippen molar-refractivity contribution in [1.82, 2.24) is 10.6 Å². The molecule has 3 N–H and O–H groups in total. The van der Waals surface area contributed by atoms with Crippen LogP contribution < -0.4 is 15.5 Å². The van der Waals surface area contributed by atoms with Crippen LogP contribution in [-0.4, -0.2) is 41.0 Å². The Kier molecular flexibility index (Phi) is 5.63. The minimum atomic E-state index is -1.05. The van der Waals surface area contributed by atoms with Gasteiger partial charge in [-0.1, -0.05) is 38.4 Å². The van der Waals surface area contributed by atoms with Crippen LogP contribution in [0.25, 0.3) is 6.08 Å². The summed E-state index contributed by atoms with van der Waals surface area (Å²) in [5, 5.41) is 14.2. The van der Waals surface area contributed by atoms with E-state index in [4.69, 9.17) is 11.6 Å². The number of thioether (sulfide) groups is 1. The zero-order valence-electron chi connectivity index (χ0n) is 15.8. The maximum atomic E-state index is 11.9. The lowest BCUT2D eigenvalue weighted by Gasteiger charge is -2.40. The van der Waals surface area contributed by atoms with Gasteiger partial charge in [-0.25, -0.2) is 4.79 Å². The van der Waals surface area contributed by atoms with Crippen molar-refractivity contribution < 1.29 is 19.5 Å². The Morgan fingerprint density at radius 1 is 1.39 bits per heavy atom. The number of carboxylic acid groups (broad SMARTS) is 1. The summed E-state index contributed by atoms with van der Waals surface area (Å²) in [5.41, 5.74) is 1.34. The molecule has 7 nitrogen and oxygen atoms in total. The van der Waals surface area contributed by atoms with Gasteiger partial charge in [0.15, 0.2) is 0 Å². The molecule has 0 aromatic heterocycles. The van der Waals surface area contributed by atoms with Gasteiger partial charge in [0.1, 0.15) is 0 Å². The van der Waals surface area contributed by atoms with Crippen molar-refractivity contribution in [2.45, 2.75) is 39.3 Å². The smallest absolute Gasteiger partial charge is 0.404 e. The van der Waals surface area contributed by atoms with E-state index >= 15 is 0 Å². The lowest BCUT2D eigenvalue weighted by Crippen LogP contribution is -2.51. The molecule has 0 spiro atoms. The van der Waals surface area contributed by atoms with Gasteiger partial charge in [0.2, 0.25) is 0 Å². The lowest BCUT2D eigenvalue weighted by molar-refractivity contribution is -0.115. The first kappa shape index (κ1) is 20.5. The van der Waals surface area contributed by atoms with Crippen LogP contribution in [0.4, 0.5) is 15.3 Å². The molecule has 2 heterocycles. The van der Waals surface area contributed by atoms with Crippen molar-refractivity contribution in [3.05, 3.63) is 33.7 Å². The third-order valence-electron chi connectivity index (χ3n) is 4.82. The zero-order chi connectivity index (χ0) is 20.6. The van der Waals surface area contributed by atoms with E-state index in [-0.39, 0.29) is 17.5 Å². The van der Waals surface area contributed by atoms with E-state index in [0.717, 1.165) is 23.0 Å². The summed E-state index contributed by atoms with van der Waals surface area (Å²) in [6, 6.07) is 5.01. The van der Waals surface area contributed by atoms with E-state index in [0.29, 0.717) is 22.9 Å². The van der Waals surface area contributed by atoms with E-state index < -0.39 is 17.2 Å². The summed E-state index contributed by atoms with van der Waals surface area (Å²) in [4.78, 5) is 37.1. The molecule has 28 heavy (non-hydrogen) atoms. The topological polar surface area (TPSA) is 98.7 Å². The normalized spacial score (nSPS) is 24.0. The maximum absolute atomic E-state index is 11.9. The summed E-state index contributed by atoms with van der Waals surface area (Å²) in [5.74, 6) is -0.421. The third-order valence-corrected chi connectivity index (χ3v) is 5.87. The Morgan fingerprint density at radius 2 is 2.11 bits per heavy atom. The molecule has 0 radical (unpaired) electrons. The van der Waals surface area contributed by atoms with Crippen LogP contribution in [0.1, 0.15) is 32.8 Å². The minimum absolute atomic E-state index is 0.106. The van der Waals surface area contributed by atoms with Gasteiger partial charge in [-0.3, -0.25) is 14.9 Å². The number of hydrogen-bond donors (Lipinski definition) is 3. The summed E-state index contributed by atoms with van der Waals surface area (Å²) in [6.07, 6.45) is 1.28. The predicted octanol–water partition coefficient (Wildman–Crippen LogP) is 3.92. The van der Waals surface area contributed by atoms with E-state index in [2.05, 4.69) is 36.3 Å². The van der Waals surface area contributed by atoms with Crippen LogP contribution in [0.3, 0.4) is 0 Å². The van der Waals surface area contributed by atoms with Crippen molar-refractivity contribution in [2.75, 3.05) is 11.4 Å². The number of nitrogens with one attached hydrogen (secondary N) is 2. The third kappa shape index (κ3) is 4.28. The molecule has 3 amide bonds. The molecule has 2 fully saturated rings. The Bertz CT molecular complexity index is 865. The molecule has 9 heteroatoms. The number of rotatable bonds is 3. The lowest BCUT2D eigenvalue weighted by atomic mass is 9.82. The zero-order valence-corrected chi connectivity index (χ0v) is 17.4. The van der Waals surface area contributed by atoms with Crippen molar-refractivity contribution in [1.29, 1.82) is 0 Å². The first-order chi connectivity index (χ1) is 13.1. The van der Waals surface area contributed by atoms with E-state index in [1.807, 2.05) is 6.07 Å². The van der Waals surface area contributed by atoms with Crippen LogP contribution in [0.15, 0.2) is 23.1 Å². The number of anilines is 1. The fraction of sp³-hybridized carbons (Fsp3) is 0.421. The Balaban J connectivity index is 2.03. The Labute approximate surface area is 172 Å². The average Bonchev–Trinajstić information content (AvgIpc) is 3.11. The standard InChI is InChI=1S/C19H22ClN3O4S/c1-19(2,3)15-12(21-17(25)26)6-7-23(15)13-9-11(20)5-4-10(13)8-14-16(24)22-18(27)28-14/h4-5,8-9,12,15,21H,6-7H2,1-3H3,(H,25,26)(H,22,24,27). The van der Waals surface area contributed by atoms with Gasteiger partial charge in [-0.15, -0.1) is 0 Å². The number of carbonyl (C=O) groups is 3.